The van der Waals surface area contributed by atoms with E-state index in [2.05, 4.69) is 26.3 Å². The van der Waals surface area contributed by atoms with Crippen molar-refractivity contribution in [2.75, 3.05) is 0 Å². The molecule has 3 heteroatoms. The Morgan fingerprint density at radius 2 is 1.92 bits per heavy atom. The zero-order chi connectivity index (χ0) is 9.85. The fraction of sp³-hybridized carbons (Fsp3) is 1.00. The molecule has 0 heterocycles. The van der Waals surface area contributed by atoms with E-state index in [1.807, 2.05) is 0 Å². The van der Waals surface area contributed by atoms with Crippen molar-refractivity contribution in [2.45, 2.75) is 45.8 Å². The van der Waals surface area contributed by atoms with E-state index < -0.39 is 6.10 Å². The summed E-state index contributed by atoms with van der Waals surface area (Å²) in [6.45, 7) is 6.53. The van der Waals surface area contributed by atoms with Crippen LogP contribution in [0.2, 0.25) is 0 Å². The van der Waals surface area contributed by atoms with Crippen molar-refractivity contribution < 1.29 is 10.3 Å². The molecule has 2 rings (SSSR count). The Kier molecular flexibility index (Phi) is 1.79. The fourth-order valence-corrected chi connectivity index (χ4v) is 3.50. The van der Waals surface area contributed by atoms with Crippen LogP contribution >= 0.6 is 0 Å². The van der Waals surface area contributed by atoms with E-state index in [-0.39, 0.29) is 16.9 Å². The van der Waals surface area contributed by atoms with E-state index in [0.29, 0.717) is 5.92 Å². The highest BCUT2D eigenvalue weighted by molar-refractivity contribution is 5.16. The zero-order valence-electron chi connectivity index (χ0n) is 8.54. The highest BCUT2D eigenvalue weighted by Gasteiger charge is 2.65. The quantitative estimate of drug-likeness (QED) is 0.537. The molecule has 3 nitrogen and oxygen atoms in total. The summed E-state index contributed by atoms with van der Waals surface area (Å²) in [5, 5.41) is 19.0. The molecule has 2 aliphatic carbocycles. The molecule has 0 aromatic heterocycles. The lowest BCUT2D eigenvalue weighted by molar-refractivity contribution is -0.0284. The Balaban J connectivity index is 2.39. The van der Waals surface area contributed by atoms with Gasteiger partial charge in [-0.3, -0.25) is 0 Å². The van der Waals surface area contributed by atoms with Crippen LogP contribution in [0, 0.1) is 16.7 Å². The number of hydrogen-bond donors (Lipinski definition) is 3. The zero-order valence-corrected chi connectivity index (χ0v) is 8.54. The van der Waals surface area contributed by atoms with Gasteiger partial charge in [-0.25, -0.2) is 0 Å². The van der Waals surface area contributed by atoms with Crippen molar-refractivity contribution in [3.05, 3.63) is 0 Å². The average molecular weight is 185 g/mol. The second-order valence-corrected chi connectivity index (χ2v) is 5.38. The summed E-state index contributed by atoms with van der Waals surface area (Å²) in [6, 6.07) is -0.131. The molecule has 2 bridgehead atoms. The molecule has 4 atom stereocenters. The Bertz CT molecular complexity index is 229. The largest absolute Gasteiger partial charge is 0.391 e. The van der Waals surface area contributed by atoms with Crippen LogP contribution in [-0.2, 0) is 0 Å². The maximum Gasteiger partial charge on any atom is 0.0777 e. The molecule has 0 amide bonds. The molecule has 2 saturated carbocycles. The first-order chi connectivity index (χ1) is 5.95. The third kappa shape index (κ3) is 0.853. The van der Waals surface area contributed by atoms with Crippen LogP contribution in [0.25, 0.3) is 0 Å². The normalized spacial score (nSPS) is 52.8. The van der Waals surface area contributed by atoms with Crippen molar-refractivity contribution >= 4 is 0 Å². The van der Waals surface area contributed by atoms with E-state index in [1.165, 1.54) is 0 Å². The topological polar surface area (TPSA) is 52.5 Å². The molecule has 76 valence electrons. The number of hydrogen-bond acceptors (Lipinski definition) is 3. The molecule has 2 fully saturated rings. The van der Waals surface area contributed by atoms with E-state index in [1.54, 1.807) is 0 Å². The summed E-state index contributed by atoms with van der Waals surface area (Å²) in [6.07, 6.45) is 1.77. The summed E-state index contributed by atoms with van der Waals surface area (Å²) in [5.74, 6) is 0.400. The number of aliphatic hydroxyl groups excluding tert-OH is 1. The van der Waals surface area contributed by atoms with Crippen LogP contribution in [0.4, 0.5) is 0 Å². The van der Waals surface area contributed by atoms with Crippen molar-refractivity contribution in [1.82, 2.24) is 5.48 Å². The predicted octanol–water partition coefficient (Wildman–Crippen LogP) is 1.15. The lowest BCUT2D eigenvalue weighted by Gasteiger charge is -2.36. The first-order valence-electron chi connectivity index (χ1n) is 5.03. The van der Waals surface area contributed by atoms with Gasteiger partial charge in [0.1, 0.15) is 0 Å². The summed E-state index contributed by atoms with van der Waals surface area (Å²) < 4.78 is 0. The van der Waals surface area contributed by atoms with Crippen molar-refractivity contribution in [1.29, 1.82) is 0 Å². The predicted molar refractivity (Wildman–Crippen MR) is 49.3 cm³/mol. The van der Waals surface area contributed by atoms with Crippen molar-refractivity contribution in [3.63, 3.8) is 0 Å². The van der Waals surface area contributed by atoms with Gasteiger partial charge in [0, 0.05) is 5.41 Å². The van der Waals surface area contributed by atoms with Crippen LogP contribution in [0.15, 0.2) is 0 Å². The van der Waals surface area contributed by atoms with E-state index in [9.17, 15) is 5.11 Å². The summed E-state index contributed by atoms with van der Waals surface area (Å²) in [7, 11) is 0. The van der Waals surface area contributed by atoms with Crippen LogP contribution in [0.1, 0.15) is 33.6 Å². The molecule has 0 aliphatic heterocycles. The standard InChI is InChI=1S/C10H19NO2/c1-9(2)6-4-5-10(9,3)8(12)7(6)11-13/h6-8,11-13H,4-5H2,1-3H3/t6-,7+,8-,10+/m1/s1. The maximum absolute atomic E-state index is 10.1. The molecule has 3 N–H and O–H groups in total. The van der Waals surface area contributed by atoms with Gasteiger partial charge in [0.15, 0.2) is 0 Å². The SMILES string of the molecule is CC1(C)[C@@H]2CC[C@@]1(C)[C@H](O)[C@H]2NO. The molecule has 0 saturated heterocycles. The summed E-state index contributed by atoms with van der Waals surface area (Å²) >= 11 is 0. The second kappa shape index (κ2) is 2.47. The molecule has 0 aromatic rings. The van der Waals surface area contributed by atoms with Gasteiger partial charge in [0.25, 0.3) is 0 Å². The van der Waals surface area contributed by atoms with E-state index in [4.69, 9.17) is 5.21 Å². The van der Waals surface area contributed by atoms with Gasteiger partial charge in [-0.05, 0) is 24.2 Å². The Morgan fingerprint density at radius 3 is 2.23 bits per heavy atom. The fourth-order valence-electron chi connectivity index (χ4n) is 3.50. The van der Waals surface area contributed by atoms with Gasteiger partial charge < -0.3 is 10.3 Å². The lowest BCUT2D eigenvalue weighted by atomic mass is 9.70. The number of nitrogens with one attached hydrogen (secondary N) is 1. The third-order valence-electron chi connectivity index (χ3n) is 4.95. The molecular weight excluding hydrogens is 166 g/mol. The molecule has 13 heavy (non-hydrogen) atoms. The van der Waals surface area contributed by atoms with Gasteiger partial charge >= 0.3 is 0 Å². The van der Waals surface area contributed by atoms with Gasteiger partial charge in [-0.15, -0.1) is 0 Å². The van der Waals surface area contributed by atoms with Crippen LogP contribution < -0.4 is 5.48 Å². The molecule has 0 unspecified atom stereocenters. The molecular formula is C10H19NO2. The van der Waals surface area contributed by atoms with Gasteiger partial charge in [-0.2, -0.15) is 5.48 Å². The Morgan fingerprint density at radius 1 is 1.31 bits per heavy atom. The smallest absolute Gasteiger partial charge is 0.0777 e. The maximum atomic E-state index is 10.1. The lowest BCUT2D eigenvalue weighted by Crippen LogP contribution is -2.45. The minimum Gasteiger partial charge on any atom is -0.391 e. The summed E-state index contributed by atoms with van der Waals surface area (Å²) in [5.41, 5.74) is 2.38. The Hall–Kier alpha value is -0.120. The van der Waals surface area contributed by atoms with Crippen molar-refractivity contribution in [3.8, 4) is 0 Å². The minimum absolute atomic E-state index is 0.0297. The van der Waals surface area contributed by atoms with Crippen LogP contribution in [0.3, 0.4) is 0 Å². The Labute approximate surface area is 79.1 Å². The monoisotopic (exact) mass is 185 g/mol. The van der Waals surface area contributed by atoms with Gasteiger partial charge in [0.2, 0.25) is 0 Å². The third-order valence-corrected chi connectivity index (χ3v) is 4.95. The number of aliphatic hydroxyl groups is 1. The molecule has 0 aromatic carbocycles. The van der Waals surface area contributed by atoms with Crippen molar-refractivity contribution in [2.24, 2.45) is 16.7 Å². The van der Waals surface area contributed by atoms with E-state index in [0.717, 1.165) is 12.8 Å². The number of fused-ring (bicyclic) bond motifs is 2. The molecule has 2 aliphatic rings. The van der Waals surface area contributed by atoms with Gasteiger partial charge in [0.05, 0.1) is 12.1 Å². The van der Waals surface area contributed by atoms with Crippen LogP contribution in [-0.4, -0.2) is 22.5 Å². The highest BCUT2D eigenvalue weighted by Crippen LogP contribution is 2.65. The second-order valence-electron chi connectivity index (χ2n) is 5.38. The van der Waals surface area contributed by atoms with E-state index >= 15 is 0 Å². The number of hydroxylamine groups is 1. The van der Waals surface area contributed by atoms with Gasteiger partial charge in [-0.1, -0.05) is 20.8 Å². The number of rotatable bonds is 1. The summed E-state index contributed by atoms with van der Waals surface area (Å²) in [4.78, 5) is 0. The molecule has 0 radical (unpaired) electrons. The minimum atomic E-state index is -0.411. The van der Waals surface area contributed by atoms with Crippen LogP contribution in [0.5, 0.6) is 0 Å². The first-order valence-corrected chi connectivity index (χ1v) is 5.03. The highest BCUT2D eigenvalue weighted by atomic mass is 16.5. The average Bonchev–Trinajstić information content (AvgIpc) is 2.36. The molecule has 0 spiro atoms. The first kappa shape index (κ1) is 9.44.